The van der Waals surface area contributed by atoms with E-state index in [9.17, 15) is 4.39 Å². The Labute approximate surface area is 224 Å². The molecule has 3 heterocycles. The van der Waals surface area contributed by atoms with Gasteiger partial charge in [0.15, 0.2) is 11.5 Å². The lowest BCUT2D eigenvalue weighted by Crippen LogP contribution is -2.33. The van der Waals surface area contributed by atoms with E-state index in [1.54, 1.807) is 6.20 Å². The van der Waals surface area contributed by atoms with E-state index < -0.39 is 5.82 Å². The number of nitrogens with zero attached hydrogens (tertiary/aromatic N) is 3. The average Bonchev–Trinajstić information content (AvgIpc) is 3.56. The quantitative estimate of drug-likeness (QED) is 0.228. The zero-order chi connectivity index (χ0) is 26.4. The highest BCUT2D eigenvalue weighted by atomic mass is 35.5. The third kappa shape index (κ3) is 4.52. The van der Waals surface area contributed by atoms with Crippen molar-refractivity contribution in [2.45, 2.75) is 44.7 Å². The molecular formula is C28H28ClFN6O2. The molecule has 1 fully saturated rings. The average molecular weight is 535 g/mol. The maximum absolute atomic E-state index is 13.9. The fraction of sp³-hybridized carbons (Fsp3) is 0.286. The first-order valence-electron chi connectivity index (χ1n) is 12.6. The van der Waals surface area contributed by atoms with Gasteiger partial charge in [-0.05, 0) is 62.4 Å². The predicted octanol–water partition coefficient (Wildman–Crippen LogP) is 5.55. The van der Waals surface area contributed by atoms with E-state index in [1.165, 1.54) is 18.2 Å². The molecule has 8 nitrogen and oxygen atoms in total. The Balaban J connectivity index is 1.46. The molecule has 2 aromatic carbocycles. The van der Waals surface area contributed by atoms with Crippen LogP contribution in [0.5, 0.6) is 11.5 Å². The van der Waals surface area contributed by atoms with Gasteiger partial charge in [0.2, 0.25) is 6.79 Å². The number of fused-ring (bicyclic) bond motifs is 2. The molecule has 196 valence electrons. The van der Waals surface area contributed by atoms with E-state index in [0.29, 0.717) is 10.6 Å². The van der Waals surface area contributed by atoms with E-state index in [1.807, 2.05) is 29.8 Å². The van der Waals surface area contributed by atoms with Crippen LogP contribution in [0.15, 0.2) is 53.8 Å². The van der Waals surface area contributed by atoms with Crippen molar-refractivity contribution in [2.75, 3.05) is 12.1 Å². The Bertz CT molecular complexity index is 1560. The second kappa shape index (κ2) is 9.81. The number of nitrogens with one attached hydrogen (secondary N) is 1. The summed E-state index contributed by atoms with van der Waals surface area (Å²) < 4.78 is 26.9. The smallest absolute Gasteiger partial charge is 0.231 e. The summed E-state index contributed by atoms with van der Waals surface area (Å²) >= 11 is 6.26. The summed E-state index contributed by atoms with van der Waals surface area (Å²) in [5.74, 6) is 1.24. The van der Waals surface area contributed by atoms with Crippen LogP contribution in [0.2, 0.25) is 5.02 Å². The van der Waals surface area contributed by atoms with E-state index in [-0.39, 0.29) is 30.4 Å². The SMILES string of the molecule is Cc1c(-c2cc3c(NC4CCC(N)CC4)c(C(N)=Nc4cc(F)ccc4Cl)cnn3c2)ccc2c1OCO2. The van der Waals surface area contributed by atoms with Gasteiger partial charge in [0.25, 0.3) is 0 Å². The molecule has 0 unspecified atom stereocenters. The van der Waals surface area contributed by atoms with Crippen LogP contribution >= 0.6 is 11.6 Å². The maximum Gasteiger partial charge on any atom is 0.231 e. The van der Waals surface area contributed by atoms with Gasteiger partial charge in [-0.25, -0.2) is 13.9 Å². The van der Waals surface area contributed by atoms with Crippen LogP contribution in [0.1, 0.15) is 36.8 Å². The number of aliphatic imine (C=N–C) groups is 1. The van der Waals surface area contributed by atoms with Crippen LogP contribution in [0.4, 0.5) is 15.8 Å². The van der Waals surface area contributed by atoms with Crippen molar-refractivity contribution in [3.63, 3.8) is 0 Å². The number of hydrogen-bond acceptors (Lipinski definition) is 6. The van der Waals surface area contributed by atoms with Crippen molar-refractivity contribution in [2.24, 2.45) is 16.5 Å². The zero-order valence-electron chi connectivity index (χ0n) is 20.9. The molecule has 5 N–H and O–H groups in total. The lowest BCUT2D eigenvalue weighted by Gasteiger charge is -2.28. The summed E-state index contributed by atoms with van der Waals surface area (Å²) in [5.41, 5.74) is 18.1. The minimum Gasteiger partial charge on any atom is -0.454 e. The number of rotatable bonds is 5. The van der Waals surface area contributed by atoms with E-state index in [0.717, 1.165) is 65.1 Å². The molecule has 1 saturated carbocycles. The highest BCUT2D eigenvalue weighted by Gasteiger charge is 2.24. The highest BCUT2D eigenvalue weighted by Crippen LogP contribution is 2.41. The number of halogens is 2. The first-order chi connectivity index (χ1) is 18.4. The van der Waals surface area contributed by atoms with E-state index >= 15 is 0 Å². The summed E-state index contributed by atoms with van der Waals surface area (Å²) in [6.45, 7) is 2.23. The minimum absolute atomic E-state index is 0.185. The number of amidine groups is 1. The van der Waals surface area contributed by atoms with Gasteiger partial charge in [0, 0.05) is 35.5 Å². The third-order valence-corrected chi connectivity index (χ3v) is 7.60. The molecule has 0 radical (unpaired) electrons. The molecule has 6 rings (SSSR count). The standard InChI is InChI=1S/C28H28ClFN6O2/c1-15-20(7-9-25-27(15)38-14-37-25)16-10-24-26(34-19-5-3-18(31)4-6-19)21(12-33-36(24)13-16)28(32)35-23-11-17(30)2-8-22(23)29/h2,7-13,18-19,34H,3-6,14,31H2,1H3,(H2,32,35). The van der Waals surface area contributed by atoms with Crippen molar-refractivity contribution in [1.82, 2.24) is 9.61 Å². The molecule has 2 aliphatic rings. The lowest BCUT2D eigenvalue weighted by molar-refractivity contribution is 0.173. The normalized spacial score (nSPS) is 19.2. The summed E-state index contributed by atoms with van der Waals surface area (Å²) in [5, 5.41) is 8.64. The predicted molar refractivity (Wildman–Crippen MR) is 147 cm³/mol. The second-order valence-electron chi connectivity index (χ2n) is 9.81. The maximum atomic E-state index is 13.9. The summed E-state index contributed by atoms with van der Waals surface area (Å²) in [6, 6.07) is 10.5. The van der Waals surface area contributed by atoms with Crippen molar-refractivity contribution in [1.29, 1.82) is 0 Å². The monoisotopic (exact) mass is 534 g/mol. The molecule has 2 aromatic heterocycles. The first kappa shape index (κ1) is 24.5. The van der Waals surface area contributed by atoms with E-state index in [2.05, 4.69) is 21.5 Å². The Kier molecular flexibility index (Phi) is 6.33. The lowest BCUT2D eigenvalue weighted by atomic mass is 9.91. The van der Waals surface area contributed by atoms with Crippen molar-refractivity contribution >= 4 is 34.3 Å². The number of benzene rings is 2. The first-order valence-corrected chi connectivity index (χ1v) is 13.0. The number of anilines is 1. The minimum atomic E-state index is -0.443. The molecule has 0 bridgehead atoms. The van der Waals surface area contributed by atoms with Crippen LogP contribution in [0, 0.1) is 12.7 Å². The van der Waals surface area contributed by atoms with Crippen molar-refractivity contribution in [3.8, 4) is 22.6 Å². The Morgan fingerprint density at radius 2 is 1.97 bits per heavy atom. The van der Waals surface area contributed by atoms with Crippen LogP contribution in [-0.2, 0) is 0 Å². The molecule has 4 aromatic rings. The zero-order valence-corrected chi connectivity index (χ0v) is 21.6. The van der Waals surface area contributed by atoms with Crippen molar-refractivity contribution < 1.29 is 13.9 Å². The number of nitrogens with two attached hydrogens (primary N) is 2. The molecule has 0 atom stereocenters. The molecule has 38 heavy (non-hydrogen) atoms. The van der Waals surface area contributed by atoms with Gasteiger partial charge in [-0.3, -0.25) is 0 Å². The Hall–Kier alpha value is -3.82. The molecule has 0 spiro atoms. The van der Waals surface area contributed by atoms with Gasteiger partial charge in [-0.2, -0.15) is 5.10 Å². The van der Waals surface area contributed by atoms with Crippen LogP contribution in [0.3, 0.4) is 0 Å². The summed E-state index contributed by atoms with van der Waals surface area (Å²) in [6.07, 6.45) is 7.42. The van der Waals surface area contributed by atoms with Crippen LogP contribution in [0.25, 0.3) is 16.6 Å². The number of aromatic nitrogens is 2. The van der Waals surface area contributed by atoms with Gasteiger partial charge in [-0.1, -0.05) is 17.7 Å². The van der Waals surface area contributed by atoms with Gasteiger partial charge in [0.05, 0.1) is 33.7 Å². The fourth-order valence-electron chi connectivity index (χ4n) is 5.20. The molecule has 10 heteroatoms. The van der Waals surface area contributed by atoms with Gasteiger partial charge < -0.3 is 26.3 Å². The Morgan fingerprint density at radius 1 is 1.16 bits per heavy atom. The van der Waals surface area contributed by atoms with Gasteiger partial charge in [-0.15, -0.1) is 0 Å². The van der Waals surface area contributed by atoms with Gasteiger partial charge >= 0.3 is 0 Å². The highest BCUT2D eigenvalue weighted by molar-refractivity contribution is 6.33. The van der Waals surface area contributed by atoms with Gasteiger partial charge in [0.1, 0.15) is 11.7 Å². The van der Waals surface area contributed by atoms with Crippen molar-refractivity contribution in [3.05, 3.63) is 70.8 Å². The van der Waals surface area contributed by atoms with E-state index in [4.69, 9.17) is 32.5 Å². The number of hydrogen-bond donors (Lipinski definition) is 3. The van der Waals surface area contributed by atoms with Crippen LogP contribution < -0.4 is 26.3 Å². The van der Waals surface area contributed by atoms with Crippen LogP contribution in [-0.4, -0.2) is 34.3 Å². The second-order valence-corrected chi connectivity index (χ2v) is 10.2. The topological polar surface area (TPSA) is 112 Å². The molecule has 1 aliphatic heterocycles. The largest absolute Gasteiger partial charge is 0.454 e. The molecule has 1 aliphatic carbocycles. The molecule has 0 amide bonds. The molecular weight excluding hydrogens is 507 g/mol. The summed E-state index contributed by atoms with van der Waals surface area (Å²) in [4.78, 5) is 4.46. The summed E-state index contributed by atoms with van der Waals surface area (Å²) in [7, 11) is 0. The third-order valence-electron chi connectivity index (χ3n) is 7.28. The number of ether oxygens (including phenoxy) is 2. The molecule has 0 saturated heterocycles. The fourth-order valence-corrected chi connectivity index (χ4v) is 5.36. The Morgan fingerprint density at radius 3 is 2.79 bits per heavy atom.